The summed E-state index contributed by atoms with van der Waals surface area (Å²) in [6.07, 6.45) is 6.82. The molecule has 1 heterocycles. The second-order valence-corrected chi connectivity index (χ2v) is 7.34. The number of aryl methyl sites for hydroxylation is 1. The number of nitro groups is 1. The topological polar surface area (TPSA) is 58.4 Å². The van der Waals surface area contributed by atoms with Gasteiger partial charge in [-0.1, -0.05) is 13.0 Å². The molecule has 2 aliphatic rings. The third-order valence-electron chi connectivity index (χ3n) is 6.04. The van der Waals surface area contributed by atoms with Crippen molar-refractivity contribution >= 4 is 5.69 Å². The largest absolute Gasteiger partial charge is 0.317 e. The van der Waals surface area contributed by atoms with E-state index in [0.29, 0.717) is 18.0 Å². The van der Waals surface area contributed by atoms with Gasteiger partial charge in [0.1, 0.15) is 0 Å². The number of rotatable bonds is 5. The van der Waals surface area contributed by atoms with E-state index in [9.17, 15) is 10.1 Å². The van der Waals surface area contributed by atoms with E-state index in [1.165, 1.54) is 30.4 Å². The van der Waals surface area contributed by atoms with Gasteiger partial charge >= 0.3 is 0 Å². The number of benzene rings is 1. The molecule has 2 atom stereocenters. The van der Waals surface area contributed by atoms with Crippen LogP contribution in [0, 0.1) is 16.0 Å². The highest BCUT2D eigenvalue weighted by molar-refractivity contribution is 5.41. The van der Waals surface area contributed by atoms with Crippen molar-refractivity contribution in [3.8, 4) is 0 Å². The van der Waals surface area contributed by atoms with Crippen molar-refractivity contribution in [2.75, 3.05) is 20.1 Å². The lowest BCUT2D eigenvalue weighted by Crippen LogP contribution is -2.49. The second kappa shape index (κ2) is 7.62. The molecule has 1 fully saturated rings. The Balaban J connectivity index is 1.74. The molecule has 1 N–H and O–H groups in total. The second-order valence-electron chi connectivity index (χ2n) is 7.34. The van der Waals surface area contributed by atoms with Crippen LogP contribution < -0.4 is 5.32 Å². The molecule has 0 aromatic heterocycles. The molecule has 5 nitrogen and oxygen atoms in total. The van der Waals surface area contributed by atoms with Crippen molar-refractivity contribution in [3.63, 3.8) is 0 Å². The number of nitro benzene ring substituents is 1. The highest BCUT2D eigenvalue weighted by atomic mass is 16.6. The van der Waals surface area contributed by atoms with E-state index in [1.807, 2.05) is 6.07 Å². The van der Waals surface area contributed by atoms with Crippen molar-refractivity contribution in [3.05, 3.63) is 39.4 Å². The smallest absolute Gasteiger partial charge is 0.269 e. The van der Waals surface area contributed by atoms with Gasteiger partial charge in [0, 0.05) is 24.2 Å². The lowest BCUT2D eigenvalue weighted by atomic mass is 9.78. The standard InChI is InChI=1S/C19H29N3O2/c1-3-19(21(2)17-8-10-20-11-9-17)15-5-4-14-6-7-18(22(23)24)13-16(14)12-15/h6-7,13,15,17,19-20H,3-5,8-12H2,1-2H3. The molecule has 2 unspecified atom stereocenters. The molecule has 0 spiro atoms. The molecule has 1 aliphatic carbocycles. The Morgan fingerprint density at radius 2 is 2.04 bits per heavy atom. The van der Waals surface area contributed by atoms with Gasteiger partial charge in [-0.05, 0) is 75.7 Å². The first-order chi connectivity index (χ1) is 11.6. The minimum atomic E-state index is -0.275. The lowest BCUT2D eigenvalue weighted by Gasteiger charge is -2.42. The summed E-state index contributed by atoms with van der Waals surface area (Å²) >= 11 is 0. The molecule has 0 saturated carbocycles. The summed E-state index contributed by atoms with van der Waals surface area (Å²) in [5.41, 5.74) is 2.72. The van der Waals surface area contributed by atoms with Crippen LogP contribution in [0.4, 0.5) is 5.69 Å². The van der Waals surface area contributed by atoms with E-state index in [4.69, 9.17) is 0 Å². The Kier molecular flexibility index (Phi) is 5.51. The zero-order valence-corrected chi connectivity index (χ0v) is 14.8. The first kappa shape index (κ1) is 17.4. The zero-order chi connectivity index (χ0) is 17.1. The molecule has 132 valence electrons. The van der Waals surface area contributed by atoms with Gasteiger partial charge in [0.15, 0.2) is 0 Å². The van der Waals surface area contributed by atoms with Crippen molar-refractivity contribution in [2.24, 2.45) is 5.92 Å². The first-order valence-electron chi connectivity index (χ1n) is 9.29. The Labute approximate surface area is 144 Å². The molecule has 1 saturated heterocycles. The molecular formula is C19H29N3O2. The summed E-state index contributed by atoms with van der Waals surface area (Å²) in [4.78, 5) is 13.4. The molecule has 1 aromatic carbocycles. The van der Waals surface area contributed by atoms with Crippen molar-refractivity contribution < 1.29 is 4.92 Å². The van der Waals surface area contributed by atoms with Crippen LogP contribution in [0.3, 0.4) is 0 Å². The van der Waals surface area contributed by atoms with Gasteiger partial charge in [0.05, 0.1) is 4.92 Å². The average Bonchev–Trinajstić information content (AvgIpc) is 2.62. The van der Waals surface area contributed by atoms with E-state index in [-0.39, 0.29) is 10.6 Å². The van der Waals surface area contributed by atoms with Gasteiger partial charge in [0.2, 0.25) is 0 Å². The first-order valence-corrected chi connectivity index (χ1v) is 9.29. The summed E-state index contributed by atoms with van der Waals surface area (Å²) in [7, 11) is 2.28. The highest BCUT2D eigenvalue weighted by Gasteiger charge is 2.32. The summed E-state index contributed by atoms with van der Waals surface area (Å²) in [6.45, 7) is 4.52. The molecule has 1 aromatic rings. The molecule has 0 amide bonds. The fourth-order valence-corrected chi connectivity index (χ4v) is 4.65. The average molecular weight is 331 g/mol. The van der Waals surface area contributed by atoms with Gasteiger partial charge in [-0.25, -0.2) is 0 Å². The van der Waals surface area contributed by atoms with Crippen LogP contribution in [0.1, 0.15) is 43.7 Å². The van der Waals surface area contributed by atoms with Crippen LogP contribution in [-0.2, 0) is 12.8 Å². The van der Waals surface area contributed by atoms with Crippen molar-refractivity contribution in [2.45, 2.75) is 57.5 Å². The van der Waals surface area contributed by atoms with Crippen LogP contribution >= 0.6 is 0 Å². The number of non-ortho nitro benzene ring substituents is 1. The maximum atomic E-state index is 11.1. The van der Waals surface area contributed by atoms with Gasteiger partial charge < -0.3 is 10.2 Å². The number of hydrogen-bond acceptors (Lipinski definition) is 4. The summed E-state index contributed by atoms with van der Waals surface area (Å²) in [6, 6.07) is 6.65. The summed E-state index contributed by atoms with van der Waals surface area (Å²) in [5.74, 6) is 0.601. The van der Waals surface area contributed by atoms with E-state index in [1.54, 1.807) is 12.1 Å². The maximum absolute atomic E-state index is 11.1. The van der Waals surface area contributed by atoms with E-state index >= 15 is 0 Å². The number of nitrogens with zero attached hydrogens (tertiary/aromatic N) is 2. The van der Waals surface area contributed by atoms with Gasteiger partial charge in [-0.15, -0.1) is 0 Å². The number of piperidine rings is 1. The highest BCUT2D eigenvalue weighted by Crippen LogP contribution is 2.33. The molecule has 1 aliphatic heterocycles. The van der Waals surface area contributed by atoms with Crippen LogP contribution in [-0.4, -0.2) is 42.0 Å². The number of hydrogen-bond donors (Lipinski definition) is 1. The SMILES string of the molecule is CCC(C1CCc2ccc([N+](=O)[O-])cc2C1)N(C)C1CCNCC1. The third-order valence-corrected chi connectivity index (χ3v) is 6.04. The van der Waals surface area contributed by atoms with Gasteiger partial charge in [-0.2, -0.15) is 0 Å². The fraction of sp³-hybridized carbons (Fsp3) is 0.684. The summed E-state index contributed by atoms with van der Waals surface area (Å²) in [5, 5.41) is 14.5. The van der Waals surface area contributed by atoms with Crippen LogP contribution in [0.15, 0.2) is 18.2 Å². The monoisotopic (exact) mass is 331 g/mol. The Bertz CT molecular complexity index is 584. The number of nitrogens with one attached hydrogen (secondary N) is 1. The predicted molar refractivity (Wildman–Crippen MR) is 96.3 cm³/mol. The van der Waals surface area contributed by atoms with E-state index in [2.05, 4.69) is 24.2 Å². The molecule has 24 heavy (non-hydrogen) atoms. The number of fused-ring (bicyclic) bond motifs is 1. The quantitative estimate of drug-likeness (QED) is 0.665. The molecule has 5 heteroatoms. The lowest BCUT2D eigenvalue weighted by molar-refractivity contribution is -0.384. The van der Waals surface area contributed by atoms with Crippen LogP contribution in [0.25, 0.3) is 0 Å². The third kappa shape index (κ3) is 3.62. The normalized spacial score (nSPS) is 23.0. The Morgan fingerprint density at radius 1 is 1.29 bits per heavy atom. The zero-order valence-electron chi connectivity index (χ0n) is 14.8. The van der Waals surface area contributed by atoms with Gasteiger partial charge in [-0.3, -0.25) is 10.1 Å². The van der Waals surface area contributed by atoms with E-state index in [0.717, 1.165) is 32.4 Å². The fourth-order valence-electron chi connectivity index (χ4n) is 4.65. The maximum Gasteiger partial charge on any atom is 0.269 e. The van der Waals surface area contributed by atoms with Gasteiger partial charge in [0.25, 0.3) is 5.69 Å². The Morgan fingerprint density at radius 3 is 2.71 bits per heavy atom. The molecule has 0 bridgehead atoms. The summed E-state index contributed by atoms with van der Waals surface area (Å²) < 4.78 is 0. The van der Waals surface area contributed by atoms with E-state index < -0.39 is 0 Å². The van der Waals surface area contributed by atoms with Crippen LogP contribution in [0.5, 0.6) is 0 Å². The minimum absolute atomic E-state index is 0.231. The Hall–Kier alpha value is -1.46. The van der Waals surface area contributed by atoms with Crippen molar-refractivity contribution in [1.82, 2.24) is 10.2 Å². The van der Waals surface area contributed by atoms with Crippen molar-refractivity contribution in [1.29, 1.82) is 0 Å². The predicted octanol–water partition coefficient (Wildman–Crippen LogP) is 3.16. The molecular weight excluding hydrogens is 302 g/mol. The molecule has 0 radical (unpaired) electrons. The minimum Gasteiger partial charge on any atom is -0.317 e. The van der Waals surface area contributed by atoms with Crippen LogP contribution in [0.2, 0.25) is 0 Å². The molecule has 3 rings (SSSR count).